The van der Waals surface area contributed by atoms with Crippen LogP contribution < -0.4 is 15.4 Å². The van der Waals surface area contributed by atoms with Gasteiger partial charge in [-0.1, -0.05) is 0 Å². The van der Waals surface area contributed by atoms with Crippen LogP contribution in [-0.4, -0.2) is 13.7 Å². The normalized spacial score (nSPS) is 12.9. The van der Waals surface area contributed by atoms with E-state index < -0.39 is 0 Å². The zero-order valence-electron chi connectivity index (χ0n) is 10.7. The van der Waals surface area contributed by atoms with E-state index in [0.717, 1.165) is 24.5 Å². The Balaban J connectivity index is 1.99. The maximum absolute atomic E-state index is 13.3. The molecule has 2 aromatic rings. The summed E-state index contributed by atoms with van der Waals surface area (Å²) < 4.78 is 18.8. The summed E-state index contributed by atoms with van der Waals surface area (Å²) in [5.41, 5.74) is 9.28. The summed E-state index contributed by atoms with van der Waals surface area (Å²) in [6, 6.07) is 10.4. The minimum absolute atomic E-state index is 0.291. The predicted octanol–water partition coefficient (Wildman–Crippen LogP) is 3.11. The van der Waals surface area contributed by atoms with Crippen molar-refractivity contribution in [1.82, 2.24) is 0 Å². The maximum Gasteiger partial charge on any atom is 0.125 e. The number of benzene rings is 2. The van der Waals surface area contributed by atoms with Gasteiger partial charge in [-0.15, -0.1) is 0 Å². The number of nitrogens with zero attached hydrogens (tertiary/aromatic N) is 1. The van der Waals surface area contributed by atoms with Crippen molar-refractivity contribution in [2.24, 2.45) is 0 Å². The molecule has 3 rings (SSSR count). The fraction of sp³-hybridized carbons (Fsp3) is 0.200. The second-order valence-electron chi connectivity index (χ2n) is 4.65. The highest BCUT2D eigenvalue weighted by Crippen LogP contribution is 2.34. The summed E-state index contributed by atoms with van der Waals surface area (Å²) in [7, 11) is 1.88. The average Bonchev–Trinajstić information content (AvgIpc) is 2.88. The van der Waals surface area contributed by atoms with E-state index in [4.69, 9.17) is 10.5 Å². The number of fused-ring (bicyclic) bond motifs is 1. The summed E-state index contributed by atoms with van der Waals surface area (Å²) in [6.45, 7) is 0.727. The van der Waals surface area contributed by atoms with Gasteiger partial charge in [0, 0.05) is 19.2 Å². The van der Waals surface area contributed by atoms with Crippen LogP contribution in [0.15, 0.2) is 36.4 Å². The lowest BCUT2D eigenvalue weighted by Crippen LogP contribution is -2.12. The van der Waals surface area contributed by atoms with Gasteiger partial charge < -0.3 is 15.4 Å². The van der Waals surface area contributed by atoms with E-state index in [0.29, 0.717) is 11.4 Å². The van der Waals surface area contributed by atoms with Gasteiger partial charge in [-0.05, 0) is 42.0 Å². The molecule has 1 aliphatic heterocycles. The molecule has 0 amide bonds. The van der Waals surface area contributed by atoms with Crippen molar-refractivity contribution in [3.63, 3.8) is 0 Å². The third-order valence-electron chi connectivity index (χ3n) is 3.41. The summed E-state index contributed by atoms with van der Waals surface area (Å²) >= 11 is 0. The zero-order valence-corrected chi connectivity index (χ0v) is 10.7. The lowest BCUT2D eigenvalue weighted by molar-refractivity contribution is 0.357. The number of nitrogen functional groups attached to an aromatic ring is 1. The van der Waals surface area contributed by atoms with Crippen molar-refractivity contribution in [2.45, 2.75) is 6.42 Å². The molecule has 1 aliphatic rings. The van der Waals surface area contributed by atoms with Crippen LogP contribution in [0, 0.1) is 5.82 Å². The van der Waals surface area contributed by atoms with E-state index in [9.17, 15) is 4.39 Å². The number of rotatable bonds is 2. The molecule has 2 N–H and O–H groups in total. The van der Waals surface area contributed by atoms with Crippen molar-refractivity contribution in [3.05, 3.63) is 47.8 Å². The third-order valence-corrected chi connectivity index (χ3v) is 3.41. The molecule has 0 spiro atoms. The summed E-state index contributed by atoms with van der Waals surface area (Å²) in [6.07, 6.45) is 0.912. The molecule has 0 aromatic heterocycles. The van der Waals surface area contributed by atoms with Gasteiger partial charge in [-0.25, -0.2) is 4.39 Å². The first-order valence-corrected chi connectivity index (χ1v) is 6.19. The molecule has 0 aliphatic carbocycles. The van der Waals surface area contributed by atoms with Gasteiger partial charge in [-0.3, -0.25) is 0 Å². The van der Waals surface area contributed by atoms with Crippen molar-refractivity contribution in [3.8, 4) is 5.75 Å². The van der Waals surface area contributed by atoms with Gasteiger partial charge in [0.1, 0.15) is 11.6 Å². The monoisotopic (exact) mass is 258 g/mol. The number of halogens is 1. The van der Waals surface area contributed by atoms with Crippen molar-refractivity contribution >= 4 is 17.1 Å². The molecule has 0 saturated heterocycles. The van der Waals surface area contributed by atoms with Gasteiger partial charge in [0.2, 0.25) is 0 Å². The molecule has 1 heterocycles. The second-order valence-corrected chi connectivity index (χ2v) is 4.65. The van der Waals surface area contributed by atoms with E-state index in [1.54, 1.807) is 6.07 Å². The molecule has 4 heteroatoms. The molecule has 0 bridgehead atoms. The van der Waals surface area contributed by atoms with Crippen molar-refractivity contribution in [1.29, 1.82) is 0 Å². The maximum atomic E-state index is 13.3. The quantitative estimate of drug-likeness (QED) is 0.841. The van der Waals surface area contributed by atoms with Gasteiger partial charge in [-0.2, -0.15) is 0 Å². The zero-order chi connectivity index (χ0) is 13.4. The van der Waals surface area contributed by atoms with Gasteiger partial charge in [0.05, 0.1) is 18.0 Å². The van der Waals surface area contributed by atoms with Crippen LogP contribution in [0.2, 0.25) is 0 Å². The molecular weight excluding hydrogens is 243 g/mol. The highest BCUT2D eigenvalue weighted by atomic mass is 19.1. The van der Waals surface area contributed by atoms with Gasteiger partial charge in [0.15, 0.2) is 0 Å². The van der Waals surface area contributed by atoms with E-state index in [1.807, 2.05) is 24.1 Å². The Morgan fingerprint density at radius 2 is 2.05 bits per heavy atom. The van der Waals surface area contributed by atoms with Gasteiger partial charge in [0.25, 0.3) is 0 Å². The van der Waals surface area contributed by atoms with Crippen LogP contribution in [0.25, 0.3) is 0 Å². The minimum Gasteiger partial charge on any atom is -0.493 e. The number of ether oxygens (including phenoxy) is 1. The largest absolute Gasteiger partial charge is 0.493 e. The summed E-state index contributed by atoms with van der Waals surface area (Å²) in [5, 5.41) is 0. The topological polar surface area (TPSA) is 38.5 Å². The number of hydrogen-bond acceptors (Lipinski definition) is 3. The van der Waals surface area contributed by atoms with Crippen LogP contribution in [0.5, 0.6) is 5.75 Å². The molecule has 3 nitrogen and oxygen atoms in total. The fourth-order valence-electron chi connectivity index (χ4n) is 2.33. The molecule has 19 heavy (non-hydrogen) atoms. The van der Waals surface area contributed by atoms with Crippen LogP contribution in [0.4, 0.5) is 21.5 Å². The standard InChI is InChI=1S/C15H15FN2O/c1-18(14-9-11(16)2-4-13(14)17)12-3-5-15-10(8-12)6-7-19-15/h2-5,8-9H,6-7,17H2,1H3. The SMILES string of the molecule is CN(c1ccc2c(c1)CCO2)c1cc(F)ccc1N. The Morgan fingerprint density at radius 1 is 1.21 bits per heavy atom. The predicted molar refractivity (Wildman–Crippen MR) is 74.5 cm³/mol. The first kappa shape index (κ1) is 11.8. The first-order chi connectivity index (χ1) is 9.15. The Morgan fingerprint density at radius 3 is 2.89 bits per heavy atom. The van der Waals surface area contributed by atoms with E-state index in [2.05, 4.69) is 6.07 Å². The molecule has 0 unspecified atom stereocenters. The number of hydrogen-bond donors (Lipinski definition) is 1. The number of anilines is 3. The van der Waals surface area contributed by atoms with Crippen molar-refractivity contribution < 1.29 is 9.13 Å². The molecule has 2 aromatic carbocycles. The second kappa shape index (κ2) is 4.46. The molecule has 98 valence electrons. The molecule has 0 radical (unpaired) electrons. The smallest absolute Gasteiger partial charge is 0.125 e. The fourth-order valence-corrected chi connectivity index (χ4v) is 2.33. The minimum atomic E-state index is -0.291. The molecular formula is C15H15FN2O. The highest BCUT2D eigenvalue weighted by Gasteiger charge is 2.15. The lowest BCUT2D eigenvalue weighted by Gasteiger charge is -2.21. The summed E-state index contributed by atoms with van der Waals surface area (Å²) in [4.78, 5) is 1.89. The Labute approximate surface area is 111 Å². The van der Waals surface area contributed by atoms with Crippen LogP contribution in [0.3, 0.4) is 0 Å². The number of nitrogens with two attached hydrogens (primary N) is 1. The van der Waals surface area contributed by atoms with E-state index >= 15 is 0 Å². The van der Waals surface area contributed by atoms with Crippen LogP contribution in [-0.2, 0) is 6.42 Å². The average molecular weight is 258 g/mol. The highest BCUT2D eigenvalue weighted by molar-refractivity contribution is 5.75. The van der Waals surface area contributed by atoms with E-state index in [1.165, 1.54) is 17.7 Å². The molecule has 0 saturated carbocycles. The first-order valence-electron chi connectivity index (χ1n) is 6.19. The van der Waals surface area contributed by atoms with E-state index in [-0.39, 0.29) is 5.82 Å². The Bertz CT molecular complexity index is 628. The van der Waals surface area contributed by atoms with Crippen molar-refractivity contribution in [2.75, 3.05) is 24.3 Å². The summed E-state index contributed by atoms with van der Waals surface area (Å²) in [5.74, 6) is 0.643. The molecule has 0 fully saturated rings. The van der Waals surface area contributed by atoms with Gasteiger partial charge >= 0.3 is 0 Å². The molecule has 0 atom stereocenters. The van der Waals surface area contributed by atoms with Crippen LogP contribution >= 0.6 is 0 Å². The Kier molecular flexibility index (Phi) is 2.78. The Hall–Kier alpha value is -2.23. The lowest BCUT2D eigenvalue weighted by atomic mass is 10.1. The third kappa shape index (κ3) is 2.10. The van der Waals surface area contributed by atoms with Crippen LogP contribution in [0.1, 0.15) is 5.56 Å².